The van der Waals surface area contributed by atoms with Crippen LogP contribution in [0.4, 0.5) is 5.82 Å². The number of pyridine rings is 1. The number of hydrogen-bond donors (Lipinski definition) is 1. The third kappa shape index (κ3) is 4.37. The number of carbonyl (C=O) groups excluding carboxylic acids is 1. The number of aromatic nitrogens is 5. The summed E-state index contributed by atoms with van der Waals surface area (Å²) in [6.07, 6.45) is 5.80. The topological polar surface area (TPSA) is 94.8 Å². The normalized spacial score (nSPS) is 10.8. The minimum atomic E-state index is -0.126. The number of hydrogen-bond acceptors (Lipinski definition) is 6. The summed E-state index contributed by atoms with van der Waals surface area (Å²) < 4.78 is 7.09. The Morgan fingerprint density at radius 2 is 1.79 bits per heavy atom. The van der Waals surface area contributed by atoms with Crippen LogP contribution in [0.25, 0.3) is 11.0 Å². The lowest BCUT2D eigenvalue weighted by Crippen LogP contribution is -2.17. The molecule has 8 nitrogen and oxygen atoms in total. The van der Waals surface area contributed by atoms with E-state index in [1.54, 1.807) is 36.4 Å². The maximum atomic E-state index is 12.5. The summed E-state index contributed by atoms with van der Waals surface area (Å²) in [6, 6.07) is 13.2. The Morgan fingerprint density at radius 1 is 1.03 bits per heavy atom. The van der Waals surface area contributed by atoms with Crippen molar-refractivity contribution in [1.29, 1.82) is 0 Å². The van der Waals surface area contributed by atoms with Gasteiger partial charge in [0.1, 0.15) is 11.5 Å². The standard InChI is InChI=1S/C21H20N6O2/c1-29-21-18(24-16-4-2-3-5-17(16)25-21)6-7-20(28)26-19-10-13-23-27(19)14-15-8-11-22-12-9-15/h2-5,8-13H,6-7,14H2,1H3,(H,26,28). The molecule has 0 aliphatic rings. The maximum absolute atomic E-state index is 12.5. The zero-order valence-electron chi connectivity index (χ0n) is 15.9. The summed E-state index contributed by atoms with van der Waals surface area (Å²) in [5.41, 5.74) is 3.25. The van der Waals surface area contributed by atoms with Gasteiger partial charge in [0.05, 0.1) is 30.9 Å². The number of amides is 1. The zero-order chi connectivity index (χ0) is 20.1. The minimum absolute atomic E-state index is 0.126. The Hall–Kier alpha value is -3.81. The van der Waals surface area contributed by atoms with Gasteiger partial charge in [-0.25, -0.2) is 14.6 Å². The Balaban J connectivity index is 1.42. The molecule has 0 aliphatic heterocycles. The molecule has 1 aromatic carbocycles. The van der Waals surface area contributed by atoms with Crippen LogP contribution in [-0.2, 0) is 17.8 Å². The molecule has 0 radical (unpaired) electrons. The first-order chi connectivity index (χ1) is 14.2. The van der Waals surface area contributed by atoms with Gasteiger partial charge >= 0.3 is 0 Å². The zero-order valence-corrected chi connectivity index (χ0v) is 15.9. The second-order valence-electron chi connectivity index (χ2n) is 6.45. The van der Waals surface area contributed by atoms with Crippen molar-refractivity contribution in [3.05, 3.63) is 72.3 Å². The van der Waals surface area contributed by atoms with Crippen molar-refractivity contribution in [3.63, 3.8) is 0 Å². The number of nitrogens with one attached hydrogen (secondary N) is 1. The molecule has 1 N–H and O–H groups in total. The van der Waals surface area contributed by atoms with Crippen molar-refractivity contribution >= 4 is 22.8 Å². The number of methoxy groups -OCH3 is 1. The number of para-hydroxylation sites is 2. The smallest absolute Gasteiger partial charge is 0.235 e. The van der Waals surface area contributed by atoms with Crippen molar-refractivity contribution in [3.8, 4) is 5.88 Å². The second-order valence-corrected chi connectivity index (χ2v) is 6.45. The fourth-order valence-corrected chi connectivity index (χ4v) is 3.01. The average Bonchev–Trinajstić information content (AvgIpc) is 3.18. The molecule has 3 aromatic heterocycles. The fraction of sp³-hybridized carbons (Fsp3) is 0.190. The molecular weight excluding hydrogens is 368 g/mol. The quantitative estimate of drug-likeness (QED) is 0.523. The number of rotatable bonds is 7. The third-order valence-electron chi connectivity index (χ3n) is 4.45. The van der Waals surface area contributed by atoms with Gasteiger partial charge in [0.2, 0.25) is 11.8 Å². The number of carbonyl (C=O) groups is 1. The number of benzene rings is 1. The number of fused-ring (bicyclic) bond motifs is 1. The maximum Gasteiger partial charge on any atom is 0.235 e. The van der Waals surface area contributed by atoms with Gasteiger partial charge in [-0.1, -0.05) is 12.1 Å². The highest BCUT2D eigenvalue weighted by atomic mass is 16.5. The number of anilines is 1. The molecule has 0 bridgehead atoms. The van der Waals surface area contributed by atoms with Crippen molar-refractivity contribution in [2.45, 2.75) is 19.4 Å². The molecule has 0 spiro atoms. The van der Waals surface area contributed by atoms with Crippen LogP contribution >= 0.6 is 0 Å². The van der Waals surface area contributed by atoms with Crippen molar-refractivity contribution in [1.82, 2.24) is 24.7 Å². The van der Waals surface area contributed by atoms with Gasteiger partial charge in [-0.15, -0.1) is 0 Å². The third-order valence-corrected chi connectivity index (χ3v) is 4.45. The van der Waals surface area contributed by atoms with E-state index < -0.39 is 0 Å². The molecule has 0 aliphatic carbocycles. The Bertz CT molecular complexity index is 1130. The van der Waals surface area contributed by atoms with E-state index in [0.29, 0.717) is 30.4 Å². The molecule has 4 rings (SSSR count). The largest absolute Gasteiger partial charge is 0.480 e. The minimum Gasteiger partial charge on any atom is -0.480 e. The number of nitrogens with zero attached hydrogens (tertiary/aromatic N) is 5. The predicted molar refractivity (Wildman–Crippen MR) is 109 cm³/mol. The summed E-state index contributed by atoms with van der Waals surface area (Å²) >= 11 is 0. The molecular formula is C21H20N6O2. The van der Waals surface area contributed by atoms with E-state index in [1.165, 1.54) is 0 Å². The summed E-state index contributed by atoms with van der Waals surface area (Å²) in [5, 5.41) is 7.20. The first-order valence-corrected chi connectivity index (χ1v) is 9.23. The van der Waals surface area contributed by atoms with E-state index in [2.05, 4.69) is 25.4 Å². The summed E-state index contributed by atoms with van der Waals surface area (Å²) in [4.78, 5) is 25.6. The van der Waals surface area contributed by atoms with Gasteiger partial charge in [0, 0.05) is 31.3 Å². The van der Waals surface area contributed by atoms with Crippen LogP contribution in [0.1, 0.15) is 17.7 Å². The van der Waals surface area contributed by atoms with Crippen LogP contribution in [-0.4, -0.2) is 37.7 Å². The molecule has 0 saturated carbocycles. The van der Waals surface area contributed by atoms with Gasteiger partial charge < -0.3 is 10.1 Å². The fourth-order valence-electron chi connectivity index (χ4n) is 3.01. The van der Waals surface area contributed by atoms with Gasteiger partial charge in [-0.2, -0.15) is 5.10 Å². The SMILES string of the molecule is COc1nc2ccccc2nc1CCC(=O)Nc1ccnn1Cc1ccncc1. The molecule has 0 saturated heterocycles. The lowest BCUT2D eigenvalue weighted by atomic mass is 10.2. The van der Waals surface area contributed by atoms with Crippen LogP contribution in [0, 0.1) is 0 Å². The average molecular weight is 388 g/mol. The van der Waals surface area contributed by atoms with E-state index in [9.17, 15) is 4.79 Å². The molecule has 0 unspecified atom stereocenters. The van der Waals surface area contributed by atoms with E-state index >= 15 is 0 Å². The summed E-state index contributed by atoms with van der Waals surface area (Å²) in [7, 11) is 1.56. The summed E-state index contributed by atoms with van der Waals surface area (Å²) in [6.45, 7) is 0.551. The molecule has 8 heteroatoms. The van der Waals surface area contributed by atoms with Gasteiger partial charge in [0.25, 0.3) is 0 Å². The predicted octanol–water partition coefficient (Wildman–Crippen LogP) is 2.85. The first kappa shape index (κ1) is 18.5. The van der Waals surface area contributed by atoms with Crippen LogP contribution in [0.5, 0.6) is 5.88 Å². The molecule has 0 atom stereocenters. The summed E-state index contributed by atoms with van der Waals surface area (Å²) in [5.74, 6) is 0.959. The lowest BCUT2D eigenvalue weighted by Gasteiger charge is -2.10. The molecule has 4 aromatic rings. The highest BCUT2D eigenvalue weighted by Crippen LogP contribution is 2.20. The molecule has 0 fully saturated rings. The van der Waals surface area contributed by atoms with Crippen LogP contribution < -0.4 is 10.1 Å². The van der Waals surface area contributed by atoms with Gasteiger partial charge in [0.15, 0.2) is 0 Å². The Morgan fingerprint density at radius 3 is 2.55 bits per heavy atom. The number of ether oxygens (including phenoxy) is 1. The highest BCUT2D eigenvalue weighted by molar-refractivity contribution is 5.90. The molecule has 146 valence electrons. The second kappa shape index (κ2) is 8.47. The van der Waals surface area contributed by atoms with E-state index in [4.69, 9.17) is 4.74 Å². The van der Waals surface area contributed by atoms with Crippen molar-refractivity contribution in [2.24, 2.45) is 0 Å². The van der Waals surface area contributed by atoms with Gasteiger partial charge in [-0.3, -0.25) is 9.78 Å². The van der Waals surface area contributed by atoms with E-state index in [-0.39, 0.29) is 12.3 Å². The first-order valence-electron chi connectivity index (χ1n) is 9.23. The molecule has 1 amide bonds. The number of aryl methyl sites for hydroxylation is 1. The monoisotopic (exact) mass is 388 g/mol. The van der Waals surface area contributed by atoms with Crippen molar-refractivity contribution in [2.75, 3.05) is 12.4 Å². The van der Waals surface area contributed by atoms with Crippen molar-refractivity contribution < 1.29 is 9.53 Å². The Kier molecular flexibility index (Phi) is 5.42. The van der Waals surface area contributed by atoms with Crippen LogP contribution in [0.2, 0.25) is 0 Å². The molecule has 29 heavy (non-hydrogen) atoms. The molecule has 3 heterocycles. The van der Waals surface area contributed by atoms with E-state index in [1.807, 2.05) is 36.4 Å². The lowest BCUT2D eigenvalue weighted by molar-refractivity contribution is -0.116. The van der Waals surface area contributed by atoms with E-state index in [0.717, 1.165) is 16.6 Å². The highest BCUT2D eigenvalue weighted by Gasteiger charge is 2.13. The Labute approximate surface area is 167 Å². The van der Waals surface area contributed by atoms with Gasteiger partial charge in [-0.05, 0) is 29.8 Å². The van der Waals surface area contributed by atoms with Crippen LogP contribution in [0.3, 0.4) is 0 Å². The van der Waals surface area contributed by atoms with Crippen LogP contribution in [0.15, 0.2) is 61.1 Å².